The lowest BCUT2D eigenvalue weighted by atomic mass is 10.2. The van der Waals surface area contributed by atoms with Gasteiger partial charge in [0.15, 0.2) is 0 Å². The highest BCUT2D eigenvalue weighted by atomic mass is 19.4. The summed E-state index contributed by atoms with van der Waals surface area (Å²) in [5.41, 5.74) is 0. The first-order chi connectivity index (χ1) is 5.00. The van der Waals surface area contributed by atoms with E-state index in [4.69, 9.17) is 4.74 Å². The minimum atomic E-state index is -4.18. The molecule has 0 aromatic rings. The summed E-state index contributed by atoms with van der Waals surface area (Å²) in [5.74, 6) is 0. The van der Waals surface area contributed by atoms with Gasteiger partial charge in [-0.1, -0.05) is 0 Å². The van der Waals surface area contributed by atoms with Crippen LogP contribution < -0.4 is 5.32 Å². The summed E-state index contributed by atoms with van der Waals surface area (Å²) in [6, 6.07) is -1.49. The van der Waals surface area contributed by atoms with Gasteiger partial charge in [0.05, 0.1) is 12.7 Å². The molecule has 0 aromatic carbocycles. The maximum Gasteiger partial charge on any atom is 0.406 e. The van der Waals surface area contributed by atoms with Crippen molar-refractivity contribution in [2.45, 2.75) is 25.2 Å². The van der Waals surface area contributed by atoms with Crippen molar-refractivity contribution in [1.29, 1.82) is 0 Å². The number of halogens is 3. The second kappa shape index (κ2) is 2.98. The normalized spacial score (nSPS) is 33.8. The maximum absolute atomic E-state index is 11.9. The van der Waals surface area contributed by atoms with Crippen LogP contribution >= 0.6 is 0 Å². The Bertz CT molecular complexity index is 128. The molecule has 0 bridgehead atoms. The molecule has 0 spiro atoms. The monoisotopic (exact) mass is 169 g/mol. The highest BCUT2D eigenvalue weighted by Gasteiger charge is 2.41. The lowest BCUT2D eigenvalue weighted by molar-refractivity contribution is -0.182. The van der Waals surface area contributed by atoms with E-state index in [1.807, 2.05) is 0 Å². The Balaban J connectivity index is 2.39. The highest BCUT2D eigenvalue weighted by molar-refractivity contribution is 4.79. The molecule has 1 aliphatic rings. The van der Waals surface area contributed by atoms with E-state index < -0.39 is 12.2 Å². The number of morpholine rings is 1. The van der Waals surface area contributed by atoms with Gasteiger partial charge in [-0.2, -0.15) is 13.2 Å². The summed E-state index contributed by atoms with van der Waals surface area (Å²) >= 11 is 0. The zero-order valence-corrected chi connectivity index (χ0v) is 6.11. The van der Waals surface area contributed by atoms with Crippen LogP contribution in [0.4, 0.5) is 13.2 Å². The third kappa shape index (κ3) is 2.34. The van der Waals surface area contributed by atoms with Gasteiger partial charge in [0.2, 0.25) is 0 Å². The van der Waals surface area contributed by atoms with Crippen LogP contribution in [0.2, 0.25) is 0 Å². The molecular formula is C6H10F3NO. The summed E-state index contributed by atoms with van der Waals surface area (Å²) in [4.78, 5) is 0. The molecule has 0 saturated carbocycles. The topological polar surface area (TPSA) is 21.3 Å². The molecule has 2 atom stereocenters. The first-order valence-corrected chi connectivity index (χ1v) is 3.42. The Labute approximate surface area is 62.7 Å². The Morgan fingerprint density at radius 2 is 2.09 bits per heavy atom. The van der Waals surface area contributed by atoms with E-state index >= 15 is 0 Å². The van der Waals surface area contributed by atoms with Gasteiger partial charge in [-0.3, -0.25) is 0 Å². The number of ether oxygens (including phenoxy) is 1. The Morgan fingerprint density at radius 3 is 2.45 bits per heavy atom. The second-order valence-corrected chi connectivity index (χ2v) is 2.65. The average molecular weight is 169 g/mol. The maximum atomic E-state index is 11.9. The Hall–Kier alpha value is -0.290. The fourth-order valence-corrected chi connectivity index (χ4v) is 0.897. The average Bonchev–Trinajstić information content (AvgIpc) is 1.86. The van der Waals surface area contributed by atoms with Gasteiger partial charge in [0.25, 0.3) is 0 Å². The van der Waals surface area contributed by atoms with Crippen molar-refractivity contribution in [3.8, 4) is 0 Å². The van der Waals surface area contributed by atoms with Crippen LogP contribution in [0.5, 0.6) is 0 Å². The summed E-state index contributed by atoms with van der Waals surface area (Å²) in [5, 5.41) is 2.36. The van der Waals surface area contributed by atoms with Gasteiger partial charge in [0.1, 0.15) is 6.04 Å². The van der Waals surface area contributed by atoms with Crippen LogP contribution in [0.1, 0.15) is 6.92 Å². The van der Waals surface area contributed by atoms with Gasteiger partial charge in [-0.05, 0) is 6.92 Å². The predicted octanol–water partition coefficient (Wildman–Crippen LogP) is 0.926. The van der Waals surface area contributed by atoms with E-state index in [1.165, 1.54) is 0 Å². The third-order valence-electron chi connectivity index (χ3n) is 1.59. The van der Waals surface area contributed by atoms with E-state index in [9.17, 15) is 13.2 Å². The summed E-state index contributed by atoms with van der Waals surface area (Å²) < 4.78 is 40.6. The molecule has 1 N–H and O–H groups in total. The van der Waals surface area contributed by atoms with Crippen LogP contribution in [-0.2, 0) is 4.74 Å². The number of nitrogens with one attached hydrogen (secondary N) is 1. The minimum Gasteiger partial charge on any atom is -0.375 e. The first kappa shape index (κ1) is 8.80. The first-order valence-electron chi connectivity index (χ1n) is 3.42. The second-order valence-electron chi connectivity index (χ2n) is 2.65. The van der Waals surface area contributed by atoms with E-state index in [-0.39, 0.29) is 19.3 Å². The molecule has 1 fully saturated rings. The molecule has 0 unspecified atom stereocenters. The van der Waals surface area contributed by atoms with Crippen LogP contribution in [0, 0.1) is 0 Å². The van der Waals surface area contributed by atoms with Gasteiger partial charge in [-0.15, -0.1) is 0 Å². The van der Waals surface area contributed by atoms with E-state index in [0.717, 1.165) is 0 Å². The SMILES string of the molecule is C[C@@H]1CN[C@H](C(F)(F)F)CO1. The van der Waals surface area contributed by atoms with Gasteiger partial charge in [-0.25, -0.2) is 0 Å². The van der Waals surface area contributed by atoms with Crippen molar-refractivity contribution < 1.29 is 17.9 Å². The quantitative estimate of drug-likeness (QED) is 0.582. The molecule has 1 aliphatic heterocycles. The Kier molecular flexibility index (Phi) is 2.39. The molecule has 5 heteroatoms. The lowest BCUT2D eigenvalue weighted by Crippen LogP contribution is -2.52. The summed E-state index contributed by atoms with van der Waals surface area (Å²) in [6.45, 7) is 1.73. The number of hydrogen-bond acceptors (Lipinski definition) is 2. The highest BCUT2D eigenvalue weighted by Crippen LogP contribution is 2.22. The smallest absolute Gasteiger partial charge is 0.375 e. The lowest BCUT2D eigenvalue weighted by Gasteiger charge is -2.29. The molecule has 0 amide bonds. The molecule has 66 valence electrons. The van der Waals surface area contributed by atoms with E-state index in [0.29, 0.717) is 0 Å². The zero-order valence-electron chi connectivity index (χ0n) is 6.11. The van der Waals surface area contributed by atoms with Crippen LogP contribution in [0.15, 0.2) is 0 Å². The summed E-state index contributed by atoms with van der Waals surface area (Å²) in [6.07, 6.45) is -4.30. The van der Waals surface area contributed by atoms with Crippen molar-refractivity contribution in [3.63, 3.8) is 0 Å². The predicted molar refractivity (Wildman–Crippen MR) is 33.3 cm³/mol. The molecule has 1 saturated heterocycles. The molecule has 2 nitrogen and oxygen atoms in total. The fraction of sp³-hybridized carbons (Fsp3) is 1.00. The van der Waals surface area contributed by atoms with Crippen molar-refractivity contribution >= 4 is 0 Å². The van der Waals surface area contributed by atoms with Crippen molar-refractivity contribution in [2.24, 2.45) is 0 Å². The Morgan fingerprint density at radius 1 is 1.45 bits per heavy atom. The van der Waals surface area contributed by atoms with Gasteiger partial charge >= 0.3 is 6.18 Å². The zero-order chi connectivity index (χ0) is 8.48. The number of hydrogen-bond donors (Lipinski definition) is 1. The third-order valence-corrected chi connectivity index (χ3v) is 1.59. The minimum absolute atomic E-state index is 0.117. The van der Waals surface area contributed by atoms with E-state index in [1.54, 1.807) is 6.92 Å². The van der Waals surface area contributed by atoms with Crippen molar-refractivity contribution in [1.82, 2.24) is 5.32 Å². The van der Waals surface area contributed by atoms with Gasteiger partial charge < -0.3 is 10.1 Å². The van der Waals surface area contributed by atoms with Crippen molar-refractivity contribution in [2.75, 3.05) is 13.2 Å². The standard InChI is InChI=1S/C6H10F3NO/c1-4-2-10-5(3-11-4)6(7,8)9/h4-5,10H,2-3H2,1H3/t4-,5+/m1/s1. The molecule has 11 heavy (non-hydrogen) atoms. The van der Waals surface area contributed by atoms with Crippen LogP contribution in [0.25, 0.3) is 0 Å². The molecule has 1 heterocycles. The fourth-order valence-electron chi connectivity index (χ4n) is 0.897. The van der Waals surface area contributed by atoms with Crippen LogP contribution in [-0.4, -0.2) is 31.5 Å². The number of rotatable bonds is 0. The molecule has 0 aliphatic carbocycles. The molecular weight excluding hydrogens is 159 g/mol. The molecule has 0 radical (unpaired) electrons. The largest absolute Gasteiger partial charge is 0.406 e. The van der Waals surface area contributed by atoms with Crippen LogP contribution in [0.3, 0.4) is 0 Å². The molecule has 0 aromatic heterocycles. The van der Waals surface area contributed by atoms with E-state index in [2.05, 4.69) is 5.32 Å². The number of alkyl halides is 3. The van der Waals surface area contributed by atoms with Gasteiger partial charge in [0, 0.05) is 6.54 Å². The molecule has 1 rings (SSSR count). The summed E-state index contributed by atoms with van der Waals surface area (Å²) in [7, 11) is 0. The van der Waals surface area contributed by atoms with Crippen molar-refractivity contribution in [3.05, 3.63) is 0 Å².